The molecule has 0 heterocycles. The zero-order chi connectivity index (χ0) is 68.3. The van der Waals surface area contributed by atoms with E-state index in [1.54, 1.807) is 0 Å². The van der Waals surface area contributed by atoms with Crippen LogP contribution in [0.25, 0.3) is 0 Å². The van der Waals surface area contributed by atoms with Gasteiger partial charge in [-0.05, 0) is 103 Å². The zero-order valence-electron chi connectivity index (χ0n) is 62.1. The Balaban J connectivity index is 3.98. The Kier molecular flexibility index (Phi) is 71.3. The van der Waals surface area contributed by atoms with Gasteiger partial charge >= 0.3 is 11.9 Å². The predicted molar refractivity (Wildman–Crippen MR) is 406 cm³/mol. The maximum Gasteiger partial charge on any atom is 0.306 e. The molecule has 544 valence electrons. The highest BCUT2D eigenvalue weighted by Crippen LogP contribution is 2.38. The van der Waals surface area contributed by atoms with Gasteiger partial charge in [-0.2, -0.15) is 0 Å². The number of ether oxygens (including phenoxy) is 2. The highest BCUT2D eigenvalue weighted by atomic mass is 31.2. The minimum absolute atomic E-state index is 0.0325. The number of esters is 2. The number of carbonyl (C=O) groups is 2. The van der Waals surface area contributed by atoms with Crippen molar-refractivity contribution in [3.63, 3.8) is 0 Å². The summed E-state index contributed by atoms with van der Waals surface area (Å²) in [6.45, 7) is 4.17. The fourth-order valence-electron chi connectivity index (χ4n) is 11.3. The van der Waals surface area contributed by atoms with Crippen LogP contribution >= 0.6 is 7.82 Å². The van der Waals surface area contributed by atoms with E-state index in [0.717, 1.165) is 89.9 Å². The second-order valence-corrected chi connectivity index (χ2v) is 29.1. The van der Waals surface area contributed by atoms with Gasteiger partial charge in [0, 0.05) is 12.8 Å². The lowest BCUT2D eigenvalue weighted by atomic mass is 10.0. The zero-order valence-corrected chi connectivity index (χ0v) is 63.0. The molecule has 2 unspecified atom stereocenters. The lowest BCUT2D eigenvalue weighted by Gasteiger charge is -2.28. The summed E-state index contributed by atoms with van der Waals surface area (Å²) in [6, 6.07) is 0. The number of quaternary nitrogens is 1. The summed E-state index contributed by atoms with van der Waals surface area (Å²) in [5, 5.41) is 0. The van der Waals surface area contributed by atoms with Gasteiger partial charge in [0.1, 0.15) is 19.8 Å². The van der Waals surface area contributed by atoms with Crippen LogP contribution in [-0.2, 0) is 32.7 Å². The van der Waals surface area contributed by atoms with Gasteiger partial charge in [-0.3, -0.25) is 14.2 Å². The van der Waals surface area contributed by atoms with Crippen LogP contribution in [-0.4, -0.2) is 70.0 Å². The minimum Gasteiger partial charge on any atom is -0.756 e. The lowest BCUT2D eigenvalue weighted by Crippen LogP contribution is -2.37. The molecule has 0 radical (unpaired) electrons. The Morgan fingerprint density at radius 3 is 0.915 bits per heavy atom. The molecule has 0 rings (SSSR count). The van der Waals surface area contributed by atoms with E-state index >= 15 is 0 Å². The Labute approximate surface area is 582 Å². The summed E-state index contributed by atoms with van der Waals surface area (Å²) in [4.78, 5) is 38.2. The average Bonchev–Trinajstić information content (AvgIpc) is 1.56. The molecule has 0 saturated heterocycles. The van der Waals surface area contributed by atoms with Crippen molar-refractivity contribution in [3.05, 3.63) is 109 Å². The fourth-order valence-corrected chi connectivity index (χ4v) is 12.0. The number of unbranched alkanes of at least 4 members (excludes halogenated alkanes) is 41. The summed E-state index contributed by atoms with van der Waals surface area (Å²) in [5.41, 5.74) is 0. The quantitative estimate of drug-likeness (QED) is 0.0195. The molecule has 0 aromatic heterocycles. The molecule has 0 amide bonds. The first-order valence-corrected chi connectivity index (χ1v) is 41.1. The first-order chi connectivity index (χ1) is 46.0. The number of nitrogens with zero attached hydrogens (tertiary/aromatic N) is 1. The number of hydrogen-bond acceptors (Lipinski definition) is 8. The molecular weight excluding hydrogens is 1180 g/mol. The Morgan fingerprint density at radius 2 is 0.606 bits per heavy atom. The number of carbonyl (C=O) groups excluding carboxylic acids is 2. The molecule has 0 aromatic rings. The molecule has 0 aliphatic rings. The number of phosphoric acid groups is 1. The number of likely N-dealkylation sites (N-methyl/N-ethyl adjacent to an activating group) is 1. The summed E-state index contributed by atoms with van der Waals surface area (Å²) in [5.74, 6) is -0.821. The van der Waals surface area contributed by atoms with E-state index in [2.05, 4.69) is 123 Å². The predicted octanol–water partition coefficient (Wildman–Crippen LogP) is 25.8. The number of phosphoric ester groups is 1. The smallest absolute Gasteiger partial charge is 0.306 e. The maximum absolute atomic E-state index is 12.9. The Bertz CT molecular complexity index is 1960. The molecule has 0 spiro atoms. The van der Waals surface area contributed by atoms with E-state index in [4.69, 9.17) is 18.5 Å². The van der Waals surface area contributed by atoms with Crippen LogP contribution in [0.1, 0.15) is 361 Å². The second-order valence-electron chi connectivity index (χ2n) is 27.7. The van der Waals surface area contributed by atoms with Crippen LogP contribution in [0, 0.1) is 0 Å². The summed E-state index contributed by atoms with van der Waals surface area (Å²) >= 11 is 0. The van der Waals surface area contributed by atoms with Crippen LogP contribution in [0.15, 0.2) is 109 Å². The average molecular weight is 1330 g/mol. The lowest BCUT2D eigenvalue weighted by molar-refractivity contribution is -0.870. The van der Waals surface area contributed by atoms with Gasteiger partial charge in [0.25, 0.3) is 7.82 Å². The van der Waals surface area contributed by atoms with Gasteiger partial charge in [-0.25, -0.2) is 0 Å². The molecule has 0 aliphatic carbocycles. The van der Waals surface area contributed by atoms with Crippen molar-refractivity contribution in [2.24, 2.45) is 0 Å². The molecule has 0 aliphatic heterocycles. The topological polar surface area (TPSA) is 111 Å². The van der Waals surface area contributed by atoms with Crippen LogP contribution in [0.5, 0.6) is 0 Å². The third-order valence-corrected chi connectivity index (χ3v) is 18.2. The van der Waals surface area contributed by atoms with Crippen LogP contribution < -0.4 is 4.89 Å². The third-order valence-electron chi connectivity index (χ3n) is 17.3. The molecule has 10 heteroatoms. The second kappa shape index (κ2) is 73.9. The SMILES string of the molecule is CC/C=C\C/C=C\C/C=C\C/C=C\C/C=C\C/C=C\C/C=C\C/C=C\CCCCCCCCCCCCCCCCC(=O)OC(COC(=O)CCCCCCCCCCCCCCCCCCCCC/C=C\CCCCCCCCCC)COP(=O)([O-])OCC[N+](C)(C)C. The normalized spacial score (nSPS) is 13.6. The standard InChI is InChI=1S/C84H150NO8P/c1-6-8-10-12-14-16-18-20-22-24-26-28-30-32-34-36-38-39-40-41-42-43-44-45-47-49-51-53-55-57-59-61-63-65-67-69-71-73-75-77-84(87)93-82(81-92-94(88,89)91-79-78-85(3,4)5)80-90-83(86)76-74-72-70-68-66-64-62-60-58-56-54-52-50-48-46-37-35-33-31-29-27-25-23-21-19-17-15-13-11-9-7-2/h8,10,14,16,20,22,25-28,32,34,38-39,41-42,44-45,82H,6-7,9,11-13,15,17-19,21,23-24,29-31,33,35-37,40,43,46-81H2,1-5H3/b10-8-,16-14-,22-20-,27-25-,28-26-,34-32-,39-38-,42-41-,45-44-. The van der Waals surface area contributed by atoms with Crippen molar-refractivity contribution in [3.8, 4) is 0 Å². The largest absolute Gasteiger partial charge is 0.756 e. The molecule has 2 atom stereocenters. The molecule has 0 fully saturated rings. The summed E-state index contributed by atoms with van der Waals surface area (Å²) in [6.07, 6.45) is 105. The molecule has 0 N–H and O–H groups in total. The van der Waals surface area contributed by atoms with E-state index in [-0.39, 0.29) is 32.0 Å². The van der Waals surface area contributed by atoms with E-state index in [1.807, 2.05) is 21.1 Å². The van der Waals surface area contributed by atoms with Crippen molar-refractivity contribution >= 4 is 19.8 Å². The van der Waals surface area contributed by atoms with Crippen molar-refractivity contribution < 1.29 is 42.1 Å². The minimum atomic E-state index is -4.65. The van der Waals surface area contributed by atoms with E-state index in [9.17, 15) is 19.0 Å². The summed E-state index contributed by atoms with van der Waals surface area (Å²) in [7, 11) is 1.17. The van der Waals surface area contributed by atoms with Gasteiger partial charge in [0.2, 0.25) is 0 Å². The first-order valence-electron chi connectivity index (χ1n) is 39.6. The molecule has 0 saturated carbocycles. The van der Waals surface area contributed by atoms with E-state index < -0.39 is 26.5 Å². The van der Waals surface area contributed by atoms with Crippen molar-refractivity contribution in [1.82, 2.24) is 0 Å². The molecule has 0 aromatic carbocycles. The maximum atomic E-state index is 12.9. The third kappa shape index (κ3) is 77.7. The highest BCUT2D eigenvalue weighted by Gasteiger charge is 2.22. The van der Waals surface area contributed by atoms with Gasteiger partial charge in [0.15, 0.2) is 6.10 Å². The van der Waals surface area contributed by atoms with Gasteiger partial charge in [-0.1, -0.05) is 354 Å². The monoisotopic (exact) mass is 1330 g/mol. The van der Waals surface area contributed by atoms with Crippen molar-refractivity contribution in [2.75, 3.05) is 47.5 Å². The van der Waals surface area contributed by atoms with Gasteiger partial charge in [0.05, 0.1) is 27.7 Å². The Morgan fingerprint density at radius 1 is 0.340 bits per heavy atom. The van der Waals surface area contributed by atoms with Crippen LogP contribution in [0.2, 0.25) is 0 Å². The fraction of sp³-hybridized carbons (Fsp3) is 0.762. The molecule has 9 nitrogen and oxygen atoms in total. The van der Waals surface area contributed by atoms with Crippen molar-refractivity contribution in [2.45, 2.75) is 367 Å². The number of rotatable bonds is 73. The first kappa shape index (κ1) is 90.7. The molecular formula is C84H150NO8P. The van der Waals surface area contributed by atoms with E-state index in [1.165, 1.54) is 238 Å². The highest BCUT2D eigenvalue weighted by molar-refractivity contribution is 7.45. The molecule has 0 bridgehead atoms. The number of allylic oxidation sites excluding steroid dienone is 18. The van der Waals surface area contributed by atoms with Gasteiger partial charge < -0.3 is 27.9 Å². The molecule has 94 heavy (non-hydrogen) atoms. The van der Waals surface area contributed by atoms with Crippen LogP contribution in [0.3, 0.4) is 0 Å². The number of hydrogen-bond donors (Lipinski definition) is 0. The van der Waals surface area contributed by atoms with Gasteiger partial charge in [-0.15, -0.1) is 0 Å². The van der Waals surface area contributed by atoms with Crippen molar-refractivity contribution in [1.29, 1.82) is 0 Å². The van der Waals surface area contributed by atoms with Crippen LogP contribution in [0.4, 0.5) is 0 Å². The summed E-state index contributed by atoms with van der Waals surface area (Å²) < 4.78 is 34.4. The Hall–Kier alpha value is -3.33. The van der Waals surface area contributed by atoms with E-state index in [0.29, 0.717) is 17.4 Å².